The van der Waals surface area contributed by atoms with E-state index in [1.54, 1.807) is 36.4 Å². The molecule has 3 aromatic rings. The predicted octanol–water partition coefficient (Wildman–Crippen LogP) is 4.20. The number of H-pyrrole nitrogens is 1. The number of halogens is 2. The maximum absolute atomic E-state index is 12.4. The second kappa shape index (κ2) is 5.94. The third-order valence-corrected chi connectivity index (χ3v) is 3.90. The van der Waals surface area contributed by atoms with Gasteiger partial charge in [-0.3, -0.25) is 9.59 Å². The SMILES string of the molecule is O=C(Nc1cccc(Br)c1)c1c[nH]c2cc(Cl)ccc2c1=O. The molecule has 0 aliphatic rings. The lowest BCUT2D eigenvalue weighted by molar-refractivity contribution is 0.102. The van der Waals surface area contributed by atoms with Crippen LogP contribution in [0.15, 0.2) is 57.9 Å². The zero-order valence-electron chi connectivity index (χ0n) is 11.2. The van der Waals surface area contributed by atoms with Crippen molar-refractivity contribution in [3.8, 4) is 0 Å². The zero-order chi connectivity index (χ0) is 15.7. The highest BCUT2D eigenvalue weighted by atomic mass is 79.9. The van der Waals surface area contributed by atoms with Gasteiger partial charge in [0.15, 0.2) is 0 Å². The largest absolute Gasteiger partial charge is 0.360 e. The first-order valence-electron chi connectivity index (χ1n) is 6.42. The third kappa shape index (κ3) is 2.91. The molecule has 0 aliphatic carbocycles. The Morgan fingerprint density at radius 2 is 2.00 bits per heavy atom. The van der Waals surface area contributed by atoms with Gasteiger partial charge in [-0.15, -0.1) is 0 Å². The summed E-state index contributed by atoms with van der Waals surface area (Å²) in [5, 5.41) is 3.65. The summed E-state index contributed by atoms with van der Waals surface area (Å²) < 4.78 is 0.840. The van der Waals surface area contributed by atoms with E-state index >= 15 is 0 Å². The van der Waals surface area contributed by atoms with E-state index in [-0.39, 0.29) is 11.0 Å². The maximum Gasteiger partial charge on any atom is 0.261 e. The van der Waals surface area contributed by atoms with Crippen LogP contribution in [-0.2, 0) is 0 Å². The lowest BCUT2D eigenvalue weighted by Gasteiger charge is -2.06. The van der Waals surface area contributed by atoms with E-state index in [2.05, 4.69) is 26.2 Å². The molecule has 0 saturated carbocycles. The van der Waals surface area contributed by atoms with Gasteiger partial charge in [-0.05, 0) is 36.4 Å². The Balaban J connectivity index is 1.99. The molecule has 4 nitrogen and oxygen atoms in total. The molecule has 3 rings (SSSR count). The number of benzene rings is 2. The van der Waals surface area contributed by atoms with E-state index in [0.717, 1.165) is 4.47 Å². The van der Waals surface area contributed by atoms with Gasteiger partial charge in [0.1, 0.15) is 5.56 Å². The van der Waals surface area contributed by atoms with Crippen LogP contribution < -0.4 is 10.7 Å². The molecule has 0 bridgehead atoms. The van der Waals surface area contributed by atoms with Crippen molar-refractivity contribution in [2.45, 2.75) is 0 Å². The van der Waals surface area contributed by atoms with Gasteiger partial charge in [0.2, 0.25) is 5.43 Å². The summed E-state index contributed by atoms with van der Waals surface area (Å²) in [5.41, 5.74) is 0.916. The Hall–Kier alpha value is -2.11. The van der Waals surface area contributed by atoms with Crippen LogP contribution in [0.2, 0.25) is 5.02 Å². The lowest BCUT2D eigenvalue weighted by atomic mass is 10.1. The molecule has 1 amide bonds. The fourth-order valence-corrected chi connectivity index (χ4v) is 2.70. The van der Waals surface area contributed by atoms with Gasteiger partial charge in [-0.25, -0.2) is 0 Å². The number of nitrogens with one attached hydrogen (secondary N) is 2. The number of hydrogen-bond donors (Lipinski definition) is 2. The predicted molar refractivity (Wildman–Crippen MR) is 91.7 cm³/mol. The van der Waals surface area contributed by atoms with Gasteiger partial charge in [-0.2, -0.15) is 0 Å². The molecule has 1 aromatic heterocycles. The molecule has 1 heterocycles. The summed E-state index contributed by atoms with van der Waals surface area (Å²) >= 11 is 9.22. The van der Waals surface area contributed by atoms with Crippen LogP contribution in [0.5, 0.6) is 0 Å². The first-order valence-corrected chi connectivity index (χ1v) is 7.59. The van der Waals surface area contributed by atoms with Gasteiger partial charge < -0.3 is 10.3 Å². The molecule has 2 N–H and O–H groups in total. The highest BCUT2D eigenvalue weighted by Crippen LogP contribution is 2.17. The monoisotopic (exact) mass is 376 g/mol. The Kier molecular flexibility index (Phi) is 4.00. The minimum atomic E-state index is -0.462. The second-order valence-electron chi connectivity index (χ2n) is 4.69. The number of rotatable bonds is 2. The van der Waals surface area contributed by atoms with Crippen molar-refractivity contribution in [1.82, 2.24) is 4.98 Å². The Labute approximate surface area is 139 Å². The van der Waals surface area contributed by atoms with Crippen molar-refractivity contribution in [3.63, 3.8) is 0 Å². The number of fused-ring (bicyclic) bond motifs is 1. The Morgan fingerprint density at radius 1 is 1.18 bits per heavy atom. The highest BCUT2D eigenvalue weighted by molar-refractivity contribution is 9.10. The van der Waals surface area contributed by atoms with Crippen LogP contribution in [-0.4, -0.2) is 10.9 Å². The van der Waals surface area contributed by atoms with E-state index in [9.17, 15) is 9.59 Å². The van der Waals surface area contributed by atoms with Crippen LogP contribution >= 0.6 is 27.5 Å². The van der Waals surface area contributed by atoms with E-state index in [4.69, 9.17) is 11.6 Å². The summed E-state index contributed by atoms with van der Waals surface area (Å²) in [4.78, 5) is 27.6. The number of amides is 1. The summed E-state index contributed by atoms with van der Waals surface area (Å²) in [7, 11) is 0. The minimum absolute atomic E-state index is 0.0507. The molecule has 110 valence electrons. The molecule has 0 spiro atoms. The third-order valence-electron chi connectivity index (χ3n) is 3.17. The molecule has 0 atom stereocenters. The molecule has 2 aromatic carbocycles. The molecule has 0 radical (unpaired) electrons. The zero-order valence-corrected chi connectivity index (χ0v) is 13.5. The maximum atomic E-state index is 12.4. The van der Waals surface area contributed by atoms with Crippen molar-refractivity contribution in [3.05, 3.63) is 73.9 Å². The lowest BCUT2D eigenvalue weighted by Crippen LogP contribution is -2.21. The Bertz CT molecular complexity index is 937. The van der Waals surface area contributed by atoms with Crippen LogP contribution in [0.25, 0.3) is 10.9 Å². The quantitative estimate of drug-likeness (QED) is 0.703. The number of carbonyl (C=O) groups is 1. The number of hydrogen-bond acceptors (Lipinski definition) is 2. The summed E-state index contributed by atoms with van der Waals surface area (Å²) in [5.74, 6) is -0.462. The van der Waals surface area contributed by atoms with Crippen molar-refractivity contribution in [2.75, 3.05) is 5.32 Å². The normalized spacial score (nSPS) is 10.6. The molecule has 0 fully saturated rings. The van der Waals surface area contributed by atoms with E-state index in [1.807, 2.05) is 6.07 Å². The van der Waals surface area contributed by atoms with E-state index in [0.29, 0.717) is 21.6 Å². The van der Waals surface area contributed by atoms with Crippen molar-refractivity contribution < 1.29 is 4.79 Å². The standard InChI is InChI=1S/C16H10BrClN2O2/c17-9-2-1-3-11(6-9)20-16(22)13-8-19-14-7-10(18)4-5-12(14)15(13)21/h1-8H,(H,19,21)(H,20,22). The van der Waals surface area contributed by atoms with E-state index in [1.165, 1.54) is 6.20 Å². The highest BCUT2D eigenvalue weighted by Gasteiger charge is 2.13. The molecule has 6 heteroatoms. The van der Waals surface area contributed by atoms with Crippen molar-refractivity contribution >= 4 is 50.0 Å². The smallest absolute Gasteiger partial charge is 0.261 e. The topological polar surface area (TPSA) is 62.0 Å². The van der Waals surface area contributed by atoms with Crippen molar-refractivity contribution in [2.24, 2.45) is 0 Å². The molecule has 0 unspecified atom stereocenters. The minimum Gasteiger partial charge on any atom is -0.360 e. The Morgan fingerprint density at radius 3 is 2.77 bits per heavy atom. The number of carbonyl (C=O) groups excluding carboxylic acids is 1. The molecule has 0 aliphatic heterocycles. The van der Waals surface area contributed by atoms with Gasteiger partial charge in [-0.1, -0.05) is 33.6 Å². The average Bonchev–Trinajstić information content (AvgIpc) is 2.47. The number of aromatic amines is 1. The fraction of sp³-hybridized carbons (Fsp3) is 0. The number of pyridine rings is 1. The van der Waals surface area contributed by atoms with Crippen molar-refractivity contribution in [1.29, 1.82) is 0 Å². The molecular weight excluding hydrogens is 368 g/mol. The summed E-state index contributed by atoms with van der Waals surface area (Å²) in [6.07, 6.45) is 1.40. The molecule has 22 heavy (non-hydrogen) atoms. The fourth-order valence-electron chi connectivity index (χ4n) is 2.13. The van der Waals surface area contributed by atoms with Gasteiger partial charge in [0.25, 0.3) is 5.91 Å². The van der Waals surface area contributed by atoms with Crippen LogP contribution in [0.3, 0.4) is 0 Å². The van der Waals surface area contributed by atoms with Crippen LogP contribution in [0.1, 0.15) is 10.4 Å². The molecule has 0 saturated heterocycles. The number of anilines is 1. The first-order chi connectivity index (χ1) is 10.5. The first kappa shape index (κ1) is 14.8. The number of aromatic nitrogens is 1. The van der Waals surface area contributed by atoms with Gasteiger partial charge in [0, 0.05) is 26.8 Å². The average molecular weight is 378 g/mol. The van der Waals surface area contributed by atoms with Crippen LogP contribution in [0, 0.1) is 0 Å². The second-order valence-corrected chi connectivity index (χ2v) is 6.04. The van der Waals surface area contributed by atoms with Crippen LogP contribution in [0.4, 0.5) is 5.69 Å². The van der Waals surface area contributed by atoms with E-state index < -0.39 is 5.91 Å². The van der Waals surface area contributed by atoms with Gasteiger partial charge >= 0.3 is 0 Å². The summed E-state index contributed by atoms with van der Waals surface area (Å²) in [6, 6.07) is 12.0. The summed E-state index contributed by atoms with van der Waals surface area (Å²) in [6.45, 7) is 0. The van der Waals surface area contributed by atoms with Gasteiger partial charge in [0.05, 0.1) is 5.52 Å². The molecular formula is C16H10BrClN2O2.